The molecule has 0 aliphatic heterocycles. The predicted octanol–water partition coefficient (Wildman–Crippen LogP) is 1.39. The monoisotopic (exact) mass is 292 g/mol. The molecule has 0 bridgehead atoms. The second-order valence-electron chi connectivity index (χ2n) is 3.69. The molecule has 4 nitrogen and oxygen atoms in total. The van der Waals surface area contributed by atoms with Crippen molar-refractivity contribution in [2.24, 2.45) is 5.73 Å². The third-order valence-corrected chi connectivity index (χ3v) is 2.70. The van der Waals surface area contributed by atoms with E-state index in [0.717, 1.165) is 5.56 Å². The maximum absolute atomic E-state index is 11.5. The minimum absolute atomic E-state index is 0. The van der Waals surface area contributed by atoms with Crippen LogP contribution in [-0.4, -0.2) is 32.2 Å². The summed E-state index contributed by atoms with van der Waals surface area (Å²) in [6.07, 6.45) is 0.686. The lowest BCUT2D eigenvalue weighted by Crippen LogP contribution is -2.44. The highest BCUT2D eigenvalue weighted by atomic mass is 35.5. The third-order valence-electron chi connectivity index (χ3n) is 2.33. The average molecular weight is 293 g/mol. The Morgan fingerprint density at radius 2 is 2.17 bits per heavy atom. The minimum Gasteiger partial charge on any atom is -0.383 e. The Labute approximate surface area is 118 Å². The maximum Gasteiger partial charge on any atom is 0.239 e. The number of benzene rings is 1. The molecule has 1 aromatic carbocycles. The van der Waals surface area contributed by atoms with E-state index in [1.54, 1.807) is 0 Å². The largest absolute Gasteiger partial charge is 0.383 e. The van der Waals surface area contributed by atoms with Gasteiger partial charge < -0.3 is 15.8 Å². The molecule has 3 N–H and O–H groups in total. The summed E-state index contributed by atoms with van der Waals surface area (Å²) in [6, 6.07) is 6.93. The molecule has 0 aliphatic carbocycles. The second-order valence-corrected chi connectivity index (χ2v) is 4.10. The topological polar surface area (TPSA) is 64.3 Å². The molecule has 1 rings (SSSR count). The van der Waals surface area contributed by atoms with Gasteiger partial charge in [0.15, 0.2) is 0 Å². The van der Waals surface area contributed by atoms with Gasteiger partial charge in [-0.25, -0.2) is 0 Å². The summed E-state index contributed by atoms with van der Waals surface area (Å²) in [5, 5.41) is 3.45. The molecule has 1 atom stereocenters. The van der Waals surface area contributed by atoms with E-state index in [9.17, 15) is 4.79 Å². The Morgan fingerprint density at radius 3 is 2.78 bits per heavy atom. The number of nitrogens with two attached hydrogens (primary N) is 1. The van der Waals surface area contributed by atoms with Crippen molar-refractivity contribution in [2.45, 2.75) is 12.5 Å². The molecule has 0 aromatic heterocycles. The van der Waals surface area contributed by atoms with Gasteiger partial charge in [-0.1, -0.05) is 29.8 Å². The van der Waals surface area contributed by atoms with Gasteiger partial charge in [0.25, 0.3) is 0 Å². The van der Waals surface area contributed by atoms with Crippen LogP contribution in [0.2, 0.25) is 5.02 Å². The van der Waals surface area contributed by atoms with Crippen LogP contribution in [0.3, 0.4) is 0 Å². The fourth-order valence-electron chi connectivity index (χ4n) is 1.41. The summed E-state index contributed by atoms with van der Waals surface area (Å²) in [4.78, 5) is 11.5. The zero-order chi connectivity index (χ0) is 12.7. The smallest absolute Gasteiger partial charge is 0.239 e. The van der Waals surface area contributed by atoms with Crippen LogP contribution in [0.4, 0.5) is 0 Å². The summed E-state index contributed by atoms with van der Waals surface area (Å²) in [6.45, 7) is 0.734. The summed E-state index contributed by atoms with van der Waals surface area (Å²) >= 11 is 5.99. The molecule has 0 aliphatic rings. The lowest BCUT2D eigenvalue weighted by molar-refractivity contribution is -0.123. The fourth-order valence-corrected chi connectivity index (χ4v) is 1.64. The van der Waals surface area contributed by atoms with Gasteiger partial charge in [-0.2, -0.15) is 0 Å². The first-order valence-corrected chi connectivity index (χ1v) is 5.78. The molecule has 6 heteroatoms. The molecule has 1 unspecified atom stereocenters. The Bertz CT molecular complexity index is 375. The number of hydrogen-bond donors (Lipinski definition) is 2. The van der Waals surface area contributed by atoms with E-state index in [4.69, 9.17) is 22.1 Å². The summed E-state index contributed by atoms with van der Waals surface area (Å²) in [5.41, 5.74) is 6.58. The van der Waals surface area contributed by atoms with Gasteiger partial charge in [0.2, 0.25) is 5.91 Å². The molecule has 0 spiro atoms. The Kier molecular flexibility index (Phi) is 8.75. The lowest BCUT2D eigenvalue weighted by Gasteiger charge is -2.11. The Balaban J connectivity index is 0.00000289. The van der Waals surface area contributed by atoms with E-state index in [0.29, 0.717) is 18.0 Å². The lowest BCUT2D eigenvalue weighted by atomic mass is 10.1. The number of carbonyl (C=O) groups is 1. The number of halogens is 2. The van der Waals surface area contributed by atoms with Gasteiger partial charge in [0.1, 0.15) is 6.04 Å². The number of methoxy groups -OCH3 is 1. The predicted molar refractivity (Wildman–Crippen MR) is 75.3 cm³/mol. The number of amides is 1. The average Bonchev–Trinajstić information content (AvgIpc) is 2.31. The molecule has 0 saturated heterocycles. The first kappa shape index (κ1) is 17.2. The van der Waals surface area contributed by atoms with Gasteiger partial charge in [-0.05, 0) is 18.1 Å². The number of hydrogen-bond acceptors (Lipinski definition) is 3. The summed E-state index contributed by atoms with van der Waals surface area (Å²) in [7, 11) is 1.51. The van der Waals surface area contributed by atoms with Crippen LogP contribution in [0.25, 0.3) is 0 Å². The van der Waals surface area contributed by atoms with Crippen molar-refractivity contribution in [1.29, 1.82) is 0 Å². The van der Waals surface area contributed by atoms with Gasteiger partial charge in [-0.15, -0.1) is 12.4 Å². The number of nitrogens with one attached hydrogen (secondary N) is 1. The Morgan fingerprint density at radius 1 is 1.50 bits per heavy atom. The van der Waals surface area contributed by atoms with Crippen molar-refractivity contribution >= 4 is 29.9 Å². The highest BCUT2D eigenvalue weighted by Gasteiger charge is 2.11. The number of ether oxygens (including phenoxy) is 1. The first-order chi connectivity index (χ1) is 8.15. The van der Waals surface area contributed by atoms with E-state index in [-0.39, 0.29) is 24.9 Å². The molecule has 0 radical (unpaired) electrons. The maximum atomic E-state index is 11.5. The van der Waals surface area contributed by atoms with Crippen molar-refractivity contribution in [3.05, 3.63) is 34.9 Å². The standard InChI is InChI=1S/C12H17ClN2O2.ClH/c1-17-8-11(14)12(16)15-7-6-9-4-2-3-5-10(9)13;/h2-5,11H,6-8,14H2,1H3,(H,15,16);1H. The third kappa shape index (κ3) is 5.69. The van der Waals surface area contributed by atoms with Crippen molar-refractivity contribution in [3.63, 3.8) is 0 Å². The van der Waals surface area contributed by atoms with Crippen LogP contribution in [0.15, 0.2) is 24.3 Å². The van der Waals surface area contributed by atoms with E-state index in [1.165, 1.54) is 7.11 Å². The van der Waals surface area contributed by atoms with Crippen LogP contribution in [0.1, 0.15) is 5.56 Å². The molecular weight excluding hydrogens is 275 g/mol. The van der Waals surface area contributed by atoms with Crippen molar-refractivity contribution in [1.82, 2.24) is 5.32 Å². The quantitative estimate of drug-likeness (QED) is 0.833. The van der Waals surface area contributed by atoms with Crippen LogP contribution < -0.4 is 11.1 Å². The fraction of sp³-hybridized carbons (Fsp3) is 0.417. The molecule has 0 fully saturated rings. The van der Waals surface area contributed by atoms with E-state index in [1.807, 2.05) is 24.3 Å². The zero-order valence-electron chi connectivity index (χ0n) is 10.2. The van der Waals surface area contributed by atoms with Gasteiger partial charge >= 0.3 is 0 Å². The SMILES string of the molecule is COCC(N)C(=O)NCCc1ccccc1Cl.Cl. The molecule has 0 heterocycles. The van der Waals surface area contributed by atoms with E-state index >= 15 is 0 Å². The summed E-state index contributed by atoms with van der Waals surface area (Å²) < 4.78 is 4.80. The second kappa shape index (κ2) is 9.16. The minimum atomic E-state index is -0.619. The van der Waals surface area contributed by atoms with Gasteiger partial charge in [0.05, 0.1) is 6.61 Å². The van der Waals surface area contributed by atoms with Gasteiger partial charge in [0, 0.05) is 18.7 Å². The number of carbonyl (C=O) groups excluding carboxylic acids is 1. The normalized spacial score (nSPS) is 11.5. The number of rotatable bonds is 6. The molecule has 1 amide bonds. The highest BCUT2D eigenvalue weighted by molar-refractivity contribution is 6.31. The van der Waals surface area contributed by atoms with Crippen LogP contribution in [0.5, 0.6) is 0 Å². The van der Waals surface area contributed by atoms with Crippen LogP contribution in [-0.2, 0) is 16.0 Å². The van der Waals surface area contributed by atoms with Crippen LogP contribution in [0, 0.1) is 0 Å². The van der Waals surface area contributed by atoms with Crippen molar-refractivity contribution < 1.29 is 9.53 Å². The van der Waals surface area contributed by atoms with Gasteiger partial charge in [-0.3, -0.25) is 4.79 Å². The molecule has 102 valence electrons. The van der Waals surface area contributed by atoms with E-state index in [2.05, 4.69) is 5.32 Å². The Hall–Kier alpha value is -0.810. The molecular formula is C12H18Cl2N2O2. The summed E-state index contributed by atoms with van der Waals surface area (Å²) in [5.74, 6) is -0.209. The van der Waals surface area contributed by atoms with Crippen molar-refractivity contribution in [2.75, 3.05) is 20.3 Å². The van der Waals surface area contributed by atoms with E-state index < -0.39 is 6.04 Å². The van der Waals surface area contributed by atoms with Crippen molar-refractivity contribution in [3.8, 4) is 0 Å². The molecule has 18 heavy (non-hydrogen) atoms. The molecule has 1 aromatic rings. The molecule has 0 saturated carbocycles. The van der Waals surface area contributed by atoms with Crippen LogP contribution >= 0.6 is 24.0 Å². The zero-order valence-corrected chi connectivity index (χ0v) is 11.8. The first-order valence-electron chi connectivity index (χ1n) is 5.40. The highest BCUT2D eigenvalue weighted by Crippen LogP contribution is 2.14.